The van der Waals surface area contributed by atoms with Crippen molar-refractivity contribution in [1.82, 2.24) is 5.32 Å². The van der Waals surface area contributed by atoms with E-state index in [0.29, 0.717) is 18.3 Å². The highest BCUT2D eigenvalue weighted by Gasteiger charge is 2.02. The van der Waals surface area contributed by atoms with Gasteiger partial charge in [0.05, 0.1) is 19.4 Å². The first-order valence-corrected chi connectivity index (χ1v) is 7.57. The lowest BCUT2D eigenvalue weighted by Crippen LogP contribution is -2.30. The number of hydrogen-bond acceptors (Lipinski definition) is 5. The van der Waals surface area contributed by atoms with E-state index in [9.17, 15) is 0 Å². The number of para-hydroxylation sites is 2. The normalized spacial score (nSPS) is 11.3. The minimum atomic E-state index is 0.146. The van der Waals surface area contributed by atoms with Crippen molar-refractivity contribution in [3.05, 3.63) is 54.1 Å². The molecule has 126 valence electrons. The van der Waals surface area contributed by atoms with Crippen molar-refractivity contribution in [2.75, 3.05) is 26.0 Å². The molecule has 0 radical (unpaired) electrons. The average molecular weight is 318 g/mol. The molecule has 0 aliphatic carbocycles. The van der Waals surface area contributed by atoms with Gasteiger partial charge in [0.2, 0.25) is 0 Å². The number of anilines is 1. The summed E-state index contributed by atoms with van der Waals surface area (Å²) in [6, 6.07) is 15.1. The monoisotopic (exact) mass is 318 g/mol. The molecule has 0 spiro atoms. The van der Waals surface area contributed by atoms with Crippen LogP contribution in [0.15, 0.2) is 48.5 Å². The van der Waals surface area contributed by atoms with Gasteiger partial charge in [-0.15, -0.1) is 0 Å². The number of nitrogens with two attached hydrogens (primary N) is 1. The fraction of sp³-hybridized carbons (Fsp3) is 0.333. The lowest BCUT2D eigenvalue weighted by Gasteiger charge is -2.12. The van der Waals surface area contributed by atoms with Crippen LogP contribution in [0.2, 0.25) is 0 Å². The van der Waals surface area contributed by atoms with Gasteiger partial charge in [0.25, 0.3) is 0 Å². The number of phenols is 1. The lowest BCUT2D eigenvalue weighted by molar-refractivity contribution is 0.285. The first-order valence-electron chi connectivity index (χ1n) is 7.57. The number of hydrogen-bond donors (Lipinski definition) is 4. The predicted molar refractivity (Wildman–Crippen MR) is 93.8 cm³/mol. The number of ether oxygens (including phenoxy) is 1. The Labute approximate surface area is 137 Å². The van der Waals surface area contributed by atoms with Gasteiger partial charge in [-0.3, -0.25) is 0 Å². The van der Waals surface area contributed by atoms with Crippen molar-refractivity contribution in [2.24, 2.45) is 0 Å². The van der Waals surface area contributed by atoms with Gasteiger partial charge in [0, 0.05) is 12.6 Å². The number of aromatic hydroxyl groups is 1. The van der Waals surface area contributed by atoms with Crippen LogP contribution >= 0.6 is 0 Å². The van der Waals surface area contributed by atoms with E-state index in [1.54, 1.807) is 31.4 Å². The Morgan fingerprint density at radius 2 is 1.78 bits per heavy atom. The van der Waals surface area contributed by atoms with Gasteiger partial charge in [-0.1, -0.05) is 24.3 Å². The second-order valence-electron chi connectivity index (χ2n) is 5.19. The molecule has 0 heterocycles. The number of nitrogen functional groups attached to an aromatic ring is 1. The second kappa shape index (κ2) is 10.5. The van der Waals surface area contributed by atoms with Crippen molar-refractivity contribution in [2.45, 2.75) is 19.4 Å². The Morgan fingerprint density at radius 1 is 1.13 bits per heavy atom. The summed E-state index contributed by atoms with van der Waals surface area (Å²) in [7, 11) is 1.67. The minimum Gasteiger partial charge on any atom is -0.506 e. The maximum Gasteiger partial charge on any atom is 0.138 e. The molecule has 5 heteroatoms. The molecule has 0 saturated heterocycles. The summed E-state index contributed by atoms with van der Waals surface area (Å²) in [6.45, 7) is 2.95. The highest BCUT2D eigenvalue weighted by molar-refractivity contribution is 5.50. The van der Waals surface area contributed by atoms with Gasteiger partial charge >= 0.3 is 0 Å². The van der Waals surface area contributed by atoms with Crippen molar-refractivity contribution in [3.8, 4) is 11.5 Å². The van der Waals surface area contributed by atoms with Crippen LogP contribution in [0.3, 0.4) is 0 Å². The van der Waals surface area contributed by atoms with Crippen molar-refractivity contribution in [3.63, 3.8) is 0 Å². The number of aliphatic hydroxyl groups excluding tert-OH is 1. The van der Waals surface area contributed by atoms with E-state index in [0.717, 1.165) is 12.2 Å². The fourth-order valence-electron chi connectivity index (χ4n) is 1.99. The SMILES string of the molecule is COc1ccc(C[C@H](C)NCCO)cc1.Nc1ccccc1O. The summed E-state index contributed by atoms with van der Waals surface area (Å²) in [5.74, 6) is 1.03. The molecular formula is C18H26N2O3. The third-order valence-electron chi connectivity index (χ3n) is 3.24. The Hall–Kier alpha value is -2.24. The highest BCUT2D eigenvalue weighted by Crippen LogP contribution is 2.16. The average Bonchev–Trinajstić information content (AvgIpc) is 2.57. The van der Waals surface area contributed by atoms with Crippen molar-refractivity contribution in [1.29, 1.82) is 0 Å². The number of methoxy groups -OCH3 is 1. The standard InChI is InChI=1S/C12H19NO2.C6H7NO/c1-10(13-7-8-14)9-11-3-5-12(15-2)6-4-11;7-5-3-1-2-4-6(5)8/h3-6,10,13-14H,7-9H2,1-2H3;1-4,8H,7H2/t10-;/m0./s1. The molecule has 5 nitrogen and oxygen atoms in total. The Kier molecular flexibility index (Phi) is 8.57. The molecule has 0 fully saturated rings. The van der Waals surface area contributed by atoms with Crippen LogP contribution in [0.1, 0.15) is 12.5 Å². The largest absolute Gasteiger partial charge is 0.506 e. The lowest BCUT2D eigenvalue weighted by atomic mass is 10.1. The molecule has 0 amide bonds. The summed E-state index contributed by atoms with van der Waals surface area (Å²) in [5, 5.41) is 20.7. The predicted octanol–water partition coefficient (Wildman–Crippen LogP) is 2.18. The van der Waals surface area contributed by atoms with Crippen molar-refractivity contribution >= 4 is 5.69 Å². The molecule has 2 aromatic carbocycles. The van der Waals surface area contributed by atoms with Gasteiger partial charge < -0.3 is 26.0 Å². The van der Waals surface area contributed by atoms with E-state index in [4.69, 9.17) is 20.7 Å². The molecule has 2 rings (SSSR count). The van der Waals surface area contributed by atoms with Gasteiger partial charge in [0.1, 0.15) is 11.5 Å². The van der Waals surface area contributed by atoms with Gasteiger partial charge in [-0.25, -0.2) is 0 Å². The summed E-state index contributed by atoms with van der Waals surface area (Å²) < 4.78 is 5.09. The van der Waals surface area contributed by atoms with E-state index in [2.05, 4.69) is 24.4 Å². The summed E-state index contributed by atoms with van der Waals surface area (Å²) >= 11 is 0. The third kappa shape index (κ3) is 7.54. The molecule has 0 aromatic heterocycles. The van der Waals surface area contributed by atoms with Crippen LogP contribution in [-0.4, -0.2) is 36.5 Å². The number of aliphatic hydroxyl groups is 1. The molecular weight excluding hydrogens is 292 g/mol. The minimum absolute atomic E-state index is 0.146. The van der Waals surface area contributed by atoms with E-state index in [1.165, 1.54) is 5.56 Å². The molecule has 0 unspecified atom stereocenters. The first kappa shape index (κ1) is 18.8. The number of rotatable bonds is 6. The van der Waals surface area contributed by atoms with Crippen molar-refractivity contribution < 1.29 is 14.9 Å². The van der Waals surface area contributed by atoms with Crippen LogP contribution in [-0.2, 0) is 6.42 Å². The number of nitrogens with one attached hydrogen (secondary N) is 1. The van der Waals surface area contributed by atoms with Crippen LogP contribution in [0, 0.1) is 0 Å². The van der Waals surface area contributed by atoms with Crippen LogP contribution in [0.25, 0.3) is 0 Å². The molecule has 1 atom stereocenters. The maximum atomic E-state index is 8.79. The highest BCUT2D eigenvalue weighted by atomic mass is 16.5. The van der Waals surface area contributed by atoms with Gasteiger partial charge in [-0.2, -0.15) is 0 Å². The molecule has 0 bridgehead atoms. The van der Waals surface area contributed by atoms with E-state index in [-0.39, 0.29) is 12.4 Å². The van der Waals surface area contributed by atoms with Gasteiger partial charge in [-0.05, 0) is 43.2 Å². The summed E-state index contributed by atoms with van der Waals surface area (Å²) in [6.07, 6.45) is 0.962. The Bertz CT molecular complexity index is 537. The Morgan fingerprint density at radius 3 is 2.26 bits per heavy atom. The zero-order chi connectivity index (χ0) is 17.1. The summed E-state index contributed by atoms with van der Waals surface area (Å²) in [5.41, 5.74) is 6.97. The molecule has 0 aliphatic rings. The molecule has 0 saturated carbocycles. The van der Waals surface area contributed by atoms with E-state index >= 15 is 0 Å². The zero-order valence-electron chi connectivity index (χ0n) is 13.7. The van der Waals surface area contributed by atoms with Gasteiger partial charge in [0.15, 0.2) is 0 Å². The van der Waals surface area contributed by atoms with Crippen LogP contribution in [0.5, 0.6) is 11.5 Å². The topological polar surface area (TPSA) is 87.7 Å². The molecule has 2 aromatic rings. The van der Waals surface area contributed by atoms with Crippen LogP contribution in [0.4, 0.5) is 5.69 Å². The summed E-state index contributed by atoms with van der Waals surface area (Å²) in [4.78, 5) is 0. The van der Waals surface area contributed by atoms with E-state index < -0.39 is 0 Å². The maximum absolute atomic E-state index is 8.79. The quantitative estimate of drug-likeness (QED) is 0.484. The molecule has 5 N–H and O–H groups in total. The Balaban J connectivity index is 0.000000277. The van der Waals surface area contributed by atoms with E-state index in [1.807, 2.05) is 12.1 Å². The smallest absolute Gasteiger partial charge is 0.138 e. The molecule has 0 aliphatic heterocycles. The van der Waals surface area contributed by atoms with Crippen LogP contribution < -0.4 is 15.8 Å². The third-order valence-corrected chi connectivity index (χ3v) is 3.24. The fourth-order valence-corrected chi connectivity index (χ4v) is 1.99. The number of phenolic OH excluding ortho intramolecular Hbond substituents is 1. The number of benzene rings is 2. The molecule has 23 heavy (non-hydrogen) atoms. The zero-order valence-corrected chi connectivity index (χ0v) is 13.7. The first-order chi connectivity index (χ1) is 11.1. The second-order valence-corrected chi connectivity index (χ2v) is 5.19.